The molecule has 0 fully saturated rings. The molecule has 102 valence electrons. The summed E-state index contributed by atoms with van der Waals surface area (Å²) >= 11 is 1.52. The number of aromatic nitrogens is 1. The number of amides is 1. The molecule has 0 bridgehead atoms. The molecule has 1 aromatic heterocycles. The molecule has 1 amide bonds. The van der Waals surface area contributed by atoms with Crippen molar-refractivity contribution in [3.8, 4) is 0 Å². The van der Waals surface area contributed by atoms with Crippen molar-refractivity contribution in [1.29, 1.82) is 0 Å². The molecular weight excluding hydrogens is 276 g/mol. The Morgan fingerprint density at radius 3 is 2.75 bits per heavy atom. The molecule has 0 aliphatic heterocycles. The van der Waals surface area contributed by atoms with Gasteiger partial charge in [0.25, 0.3) is 5.91 Å². The minimum absolute atomic E-state index is 0.0399. The van der Waals surface area contributed by atoms with Crippen molar-refractivity contribution in [2.75, 3.05) is 11.6 Å². The maximum absolute atomic E-state index is 12.1. The average molecular weight is 288 g/mol. The van der Waals surface area contributed by atoms with Gasteiger partial charge in [-0.25, -0.2) is 9.78 Å². The van der Waals surface area contributed by atoms with Crippen molar-refractivity contribution in [2.45, 2.75) is 4.90 Å². The normalized spacial score (nSPS) is 10.1. The number of hydrogen-bond donors (Lipinski definition) is 2. The molecule has 2 rings (SSSR count). The van der Waals surface area contributed by atoms with Crippen LogP contribution in [-0.2, 0) is 0 Å². The Bertz CT molecular complexity index is 658. The second-order valence-electron chi connectivity index (χ2n) is 3.89. The third kappa shape index (κ3) is 3.16. The fraction of sp³-hybridized carbons (Fsp3) is 0.0714. The van der Waals surface area contributed by atoms with Gasteiger partial charge in [0.05, 0.1) is 0 Å². The largest absolute Gasteiger partial charge is 0.478 e. The van der Waals surface area contributed by atoms with Crippen LogP contribution in [0.5, 0.6) is 0 Å². The minimum Gasteiger partial charge on any atom is -0.478 e. The van der Waals surface area contributed by atoms with Crippen molar-refractivity contribution >= 4 is 29.5 Å². The molecular formula is C14H12N2O3S. The highest BCUT2D eigenvalue weighted by Crippen LogP contribution is 2.17. The van der Waals surface area contributed by atoms with Crippen LogP contribution < -0.4 is 5.32 Å². The predicted octanol–water partition coefficient (Wildman–Crippen LogP) is 2.75. The number of pyridine rings is 1. The molecule has 2 N–H and O–H groups in total. The van der Waals surface area contributed by atoms with Gasteiger partial charge >= 0.3 is 5.97 Å². The predicted molar refractivity (Wildman–Crippen MR) is 77.4 cm³/mol. The molecule has 1 heterocycles. The van der Waals surface area contributed by atoms with Crippen molar-refractivity contribution in [2.24, 2.45) is 0 Å². The lowest BCUT2D eigenvalue weighted by Gasteiger charge is -2.07. The van der Waals surface area contributed by atoms with Crippen LogP contribution in [0.1, 0.15) is 20.7 Å². The zero-order valence-electron chi connectivity index (χ0n) is 10.7. The number of anilines is 1. The number of rotatable bonds is 4. The summed E-state index contributed by atoms with van der Waals surface area (Å²) in [5.74, 6) is -1.48. The molecule has 0 radical (unpaired) electrons. The number of hydrogen-bond acceptors (Lipinski definition) is 4. The number of carbonyl (C=O) groups excluding carboxylic acids is 1. The molecule has 6 heteroatoms. The van der Waals surface area contributed by atoms with Gasteiger partial charge in [-0.1, -0.05) is 6.07 Å². The van der Waals surface area contributed by atoms with E-state index in [4.69, 9.17) is 5.11 Å². The van der Waals surface area contributed by atoms with Crippen LogP contribution in [0.25, 0.3) is 0 Å². The summed E-state index contributed by atoms with van der Waals surface area (Å²) in [6.07, 6.45) is 3.35. The molecule has 0 unspecified atom stereocenters. The number of aromatic carboxylic acids is 1. The van der Waals surface area contributed by atoms with Gasteiger partial charge in [0, 0.05) is 16.7 Å². The van der Waals surface area contributed by atoms with E-state index in [1.807, 2.05) is 12.3 Å². The van der Waals surface area contributed by atoms with Gasteiger partial charge in [-0.15, -0.1) is 11.8 Å². The lowest BCUT2D eigenvalue weighted by molar-refractivity contribution is 0.0697. The van der Waals surface area contributed by atoms with E-state index in [0.29, 0.717) is 5.56 Å². The molecule has 1 aromatic carbocycles. The molecule has 0 saturated carbocycles. The third-order valence-corrected chi connectivity index (χ3v) is 3.33. The van der Waals surface area contributed by atoms with Gasteiger partial charge in [0.15, 0.2) is 0 Å². The maximum atomic E-state index is 12.1. The van der Waals surface area contributed by atoms with Crippen LogP contribution >= 0.6 is 11.8 Å². The van der Waals surface area contributed by atoms with Crippen LogP contribution in [0.3, 0.4) is 0 Å². The van der Waals surface area contributed by atoms with Crippen molar-refractivity contribution < 1.29 is 14.7 Å². The lowest BCUT2D eigenvalue weighted by Crippen LogP contribution is -2.16. The molecule has 0 aliphatic rings. The molecule has 5 nitrogen and oxygen atoms in total. The van der Waals surface area contributed by atoms with Crippen LogP contribution in [-0.4, -0.2) is 28.2 Å². The Kier molecular flexibility index (Phi) is 4.37. The Hall–Kier alpha value is -2.34. The highest BCUT2D eigenvalue weighted by Gasteiger charge is 2.14. The standard InChI is InChI=1S/C14H12N2O3S/c1-20-10-5-2-4-9(8-10)13(17)16-12-11(14(18)19)6-3-7-15-12/h2-8H,1H3,(H,18,19)(H,15,16,17). The van der Waals surface area contributed by atoms with E-state index in [1.54, 1.807) is 18.2 Å². The van der Waals surface area contributed by atoms with E-state index in [-0.39, 0.29) is 17.3 Å². The average Bonchev–Trinajstić information content (AvgIpc) is 2.47. The second-order valence-corrected chi connectivity index (χ2v) is 4.77. The SMILES string of the molecule is CSc1cccc(C(=O)Nc2ncccc2C(=O)O)c1. The molecule has 0 aliphatic carbocycles. The van der Waals surface area contributed by atoms with E-state index in [1.165, 1.54) is 30.1 Å². The Morgan fingerprint density at radius 1 is 1.25 bits per heavy atom. The molecule has 0 saturated heterocycles. The molecule has 0 spiro atoms. The van der Waals surface area contributed by atoms with E-state index in [9.17, 15) is 9.59 Å². The number of carbonyl (C=O) groups is 2. The fourth-order valence-corrected chi connectivity index (χ4v) is 2.08. The number of nitrogens with one attached hydrogen (secondary N) is 1. The van der Waals surface area contributed by atoms with Crippen molar-refractivity contribution in [3.63, 3.8) is 0 Å². The number of benzene rings is 1. The van der Waals surface area contributed by atoms with Crippen LogP contribution in [0.2, 0.25) is 0 Å². The fourth-order valence-electron chi connectivity index (χ4n) is 1.62. The molecule has 0 atom stereocenters. The first-order valence-corrected chi connectivity index (χ1v) is 6.98. The van der Waals surface area contributed by atoms with E-state index < -0.39 is 5.97 Å². The van der Waals surface area contributed by atoms with Crippen molar-refractivity contribution in [3.05, 3.63) is 53.7 Å². The van der Waals surface area contributed by atoms with Gasteiger partial charge < -0.3 is 10.4 Å². The first kappa shape index (κ1) is 14.1. The van der Waals surface area contributed by atoms with E-state index in [2.05, 4.69) is 10.3 Å². The van der Waals surface area contributed by atoms with Gasteiger partial charge in [0.1, 0.15) is 11.4 Å². The van der Waals surface area contributed by atoms with Gasteiger partial charge in [-0.3, -0.25) is 4.79 Å². The Labute approximate surface area is 120 Å². The van der Waals surface area contributed by atoms with E-state index >= 15 is 0 Å². The molecule has 2 aromatic rings. The Balaban J connectivity index is 2.25. The zero-order chi connectivity index (χ0) is 14.5. The summed E-state index contributed by atoms with van der Waals surface area (Å²) < 4.78 is 0. The summed E-state index contributed by atoms with van der Waals surface area (Å²) in [4.78, 5) is 28.0. The number of nitrogens with zero attached hydrogens (tertiary/aromatic N) is 1. The van der Waals surface area contributed by atoms with Gasteiger partial charge in [-0.05, 0) is 36.6 Å². The minimum atomic E-state index is -1.13. The third-order valence-electron chi connectivity index (χ3n) is 2.60. The van der Waals surface area contributed by atoms with Gasteiger partial charge in [0.2, 0.25) is 0 Å². The van der Waals surface area contributed by atoms with Crippen LogP contribution in [0.4, 0.5) is 5.82 Å². The number of carboxylic acids is 1. The van der Waals surface area contributed by atoms with Crippen molar-refractivity contribution in [1.82, 2.24) is 4.98 Å². The quantitative estimate of drug-likeness (QED) is 0.846. The summed E-state index contributed by atoms with van der Waals surface area (Å²) in [5, 5.41) is 11.6. The smallest absolute Gasteiger partial charge is 0.339 e. The lowest BCUT2D eigenvalue weighted by atomic mass is 10.2. The highest BCUT2D eigenvalue weighted by atomic mass is 32.2. The van der Waals surface area contributed by atoms with E-state index in [0.717, 1.165) is 4.90 Å². The monoisotopic (exact) mass is 288 g/mol. The zero-order valence-corrected chi connectivity index (χ0v) is 11.5. The first-order valence-electron chi connectivity index (χ1n) is 5.75. The second kappa shape index (κ2) is 6.21. The number of carboxylic acid groups (broad SMARTS) is 1. The topological polar surface area (TPSA) is 79.3 Å². The maximum Gasteiger partial charge on any atom is 0.339 e. The van der Waals surface area contributed by atoms with Gasteiger partial charge in [-0.2, -0.15) is 0 Å². The summed E-state index contributed by atoms with van der Waals surface area (Å²) in [7, 11) is 0. The highest BCUT2D eigenvalue weighted by molar-refractivity contribution is 7.98. The summed E-state index contributed by atoms with van der Waals surface area (Å²) in [6.45, 7) is 0. The Morgan fingerprint density at radius 2 is 2.05 bits per heavy atom. The molecule has 20 heavy (non-hydrogen) atoms. The van der Waals surface area contributed by atoms with Crippen LogP contribution in [0.15, 0.2) is 47.5 Å². The first-order chi connectivity index (χ1) is 9.61. The number of thioether (sulfide) groups is 1. The summed E-state index contributed by atoms with van der Waals surface area (Å²) in [5.41, 5.74) is 0.417. The van der Waals surface area contributed by atoms with Crippen LogP contribution in [0, 0.1) is 0 Å². The summed E-state index contributed by atoms with van der Waals surface area (Å²) in [6, 6.07) is 9.97.